The highest BCUT2D eigenvalue weighted by Crippen LogP contribution is 2.25. The van der Waals surface area contributed by atoms with Gasteiger partial charge in [0.25, 0.3) is 5.91 Å². The third kappa shape index (κ3) is 3.90. The third-order valence-corrected chi connectivity index (χ3v) is 4.53. The Morgan fingerprint density at radius 1 is 1.25 bits per heavy atom. The fourth-order valence-corrected chi connectivity index (χ4v) is 3.14. The quantitative estimate of drug-likeness (QED) is 0.746. The SMILES string of the molecule is CNC(=O)c1ccc(CN(C)Cc2cc(-c3cccs3)on2)cc1. The Morgan fingerprint density at radius 2 is 2.04 bits per heavy atom. The first-order chi connectivity index (χ1) is 11.7. The normalized spacial score (nSPS) is 11.0. The Hall–Kier alpha value is -2.44. The lowest BCUT2D eigenvalue weighted by Gasteiger charge is -2.15. The predicted octanol–water partition coefficient (Wildman–Crippen LogP) is 3.39. The Balaban J connectivity index is 1.59. The summed E-state index contributed by atoms with van der Waals surface area (Å²) >= 11 is 1.64. The van der Waals surface area contributed by atoms with E-state index in [2.05, 4.69) is 15.4 Å². The lowest BCUT2D eigenvalue weighted by atomic mass is 10.1. The molecule has 0 unspecified atom stereocenters. The average molecular weight is 341 g/mol. The number of hydrogen-bond donors (Lipinski definition) is 1. The molecule has 0 aliphatic carbocycles. The van der Waals surface area contributed by atoms with Crippen LogP contribution in [0.5, 0.6) is 0 Å². The number of thiophene rings is 1. The molecule has 0 aliphatic heterocycles. The minimum atomic E-state index is -0.0707. The van der Waals surface area contributed by atoms with Crippen LogP contribution in [0.1, 0.15) is 21.6 Å². The molecule has 1 amide bonds. The van der Waals surface area contributed by atoms with Crippen LogP contribution in [-0.2, 0) is 13.1 Å². The number of nitrogens with zero attached hydrogens (tertiary/aromatic N) is 2. The minimum absolute atomic E-state index is 0.0707. The van der Waals surface area contributed by atoms with Gasteiger partial charge in [-0.1, -0.05) is 23.4 Å². The van der Waals surface area contributed by atoms with E-state index in [0.717, 1.165) is 28.4 Å². The maximum Gasteiger partial charge on any atom is 0.251 e. The Kier molecular flexibility index (Phi) is 5.08. The van der Waals surface area contributed by atoms with Gasteiger partial charge < -0.3 is 9.84 Å². The molecule has 0 saturated heterocycles. The third-order valence-electron chi connectivity index (χ3n) is 3.65. The van der Waals surface area contributed by atoms with Gasteiger partial charge in [0.1, 0.15) is 0 Å². The molecule has 0 radical (unpaired) electrons. The summed E-state index contributed by atoms with van der Waals surface area (Å²) in [6.07, 6.45) is 0. The fraction of sp³-hybridized carbons (Fsp3) is 0.222. The highest BCUT2D eigenvalue weighted by Gasteiger charge is 2.10. The highest BCUT2D eigenvalue weighted by molar-refractivity contribution is 7.13. The van der Waals surface area contributed by atoms with Crippen molar-refractivity contribution in [1.29, 1.82) is 0 Å². The second-order valence-electron chi connectivity index (χ2n) is 5.61. The number of hydrogen-bond acceptors (Lipinski definition) is 5. The van der Waals surface area contributed by atoms with Gasteiger partial charge in [0.2, 0.25) is 0 Å². The molecule has 1 N–H and O–H groups in total. The zero-order valence-electron chi connectivity index (χ0n) is 13.7. The molecule has 0 bridgehead atoms. The first-order valence-electron chi connectivity index (χ1n) is 7.65. The molecule has 24 heavy (non-hydrogen) atoms. The smallest absolute Gasteiger partial charge is 0.251 e. The molecule has 2 aromatic heterocycles. The van der Waals surface area contributed by atoms with Gasteiger partial charge in [-0.25, -0.2) is 0 Å². The molecule has 0 aliphatic rings. The molecule has 124 valence electrons. The highest BCUT2D eigenvalue weighted by atomic mass is 32.1. The van der Waals surface area contributed by atoms with Crippen molar-refractivity contribution in [1.82, 2.24) is 15.4 Å². The van der Waals surface area contributed by atoms with E-state index in [4.69, 9.17) is 4.52 Å². The summed E-state index contributed by atoms with van der Waals surface area (Å²) in [5, 5.41) is 8.78. The number of nitrogens with one attached hydrogen (secondary N) is 1. The molecule has 0 fully saturated rings. The Morgan fingerprint density at radius 3 is 2.71 bits per heavy atom. The van der Waals surface area contributed by atoms with E-state index >= 15 is 0 Å². The number of rotatable bonds is 6. The summed E-state index contributed by atoms with van der Waals surface area (Å²) in [6, 6.07) is 13.6. The zero-order valence-corrected chi connectivity index (χ0v) is 14.5. The average Bonchev–Trinajstić information content (AvgIpc) is 3.26. The number of amides is 1. The number of aromatic nitrogens is 1. The van der Waals surface area contributed by atoms with E-state index in [9.17, 15) is 4.79 Å². The van der Waals surface area contributed by atoms with Crippen LogP contribution in [0.3, 0.4) is 0 Å². The van der Waals surface area contributed by atoms with Gasteiger partial charge in [-0.05, 0) is 36.2 Å². The van der Waals surface area contributed by atoms with Crippen LogP contribution in [0.2, 0.25) is 0 Å². The summed E-state index contributed by atoms with van der Waals surface area (Å²) < 4.78 is 5.40. The van der Waals surface area contributed by atoms with Crippen LogP contribution in [0.15, 0.2) is 52.4 Å². The first kappa shape index (κ1) is 16.4. The molecular weight excluding hydrogens is 322 g/mol. The van der Waals surface area contributed by atoms with Gasteiger partial charge in [-0.2, -0.15) is 0 Å². The summed E-state index contributed by atoms with van der Waals surface area (Å²) in [5.41, 5.74) is 2.72. The fourth-order valence-electron chi connectivity index (χ4n) is 2.47. The van der Waals surface area contributed by atoms with Crippen LogP contribution < -0.4 is 5.32 Å². The van der Waals surface area contributed by atoms with Crippen molar-refractivity contribution in [2.45, 2.75) is 13.1 Å². The number of benzene rings is 1. The van der Waals surface area contributed by atoms with Gasteiger partial charge in [0.05, 0.1) is 10.6 Å². The van der Waals surface area contributed by atoms with Crippen LogP contribution in [-0.4, -0.2) is 30.1 Å². The number of carbonyl (C=O) groups is 1. The van der Waals surface area contributed by atoms with Gasteiger partial charge in [-0.3, -0.25) is 9.69 Å². The van der Waals surface area contributed by atoms with E-state index in [0.29, 0.717) is 12.1 Å². The monoisotopic (exact) mass is 341 g/mol. The van der Waals surface area contributed by atoms with Gasteiger partial charge in [0.15, 0.2) is 5.76 Å². The number of carbonyl (C=O) groups excluding carboxylic acids is 1. The van der Waals surface area contributed by atoms with E-state index in [1.54, 1.807) is 18.4 Å². The van der Waals surface area contributed by atoms with Gasteiger partial charge >= 0.3 is 0 Å². The summed E-state index contributed by atoms with van der Waals surface area (Å²) in [5.74, 6) is 0.738. The van der Waals surface area contributed by atoms with E-state index in [1.165, 1.54) is 0 Å². The molecule has 3 rings (SSSR count). The van der Waals surface area contributed by atoms with Crippen LogP contribution in [0.4, 0.5) is 0 Å². The molecule has 0 saturated carbocycles. The molecule has 1 aromatic carbocycles. The zero-order chi connectivity index (χ0) is 16.9. The maximum absolute atomic E-state index is 11.5. The summed E-state index contributed by atoms with van der Waals surface area (Å²) in [7, 11) is 3.67. The van der Waals surface area contributed by atoms with E-state index < -0.39 is 0 Å². The molecule has 6 heteroatoms. The molecule has 2 heterocycles. The van der Waals surface area contributed by atoms with Crippen molar-refractivity contribution in [3.05, 3.63) is 64.7 Å². The van der Waals surface area contributed by atoms with Crippen molar-refractivity contribution in [2.75, 3.05) is 14.1 Å². The maximum atomic E-state index is 11.5. The van der Waals surface area contributed by atoms with Crippen molar-refractivity contribution < 1.29 is 9.32 Å². The van der Waals surface area contributed by atoms with E-state index in [-0.39, 0.29) is 5.91 Å². The van der Waals surface area contributed by atoms with Crippen molar-refractivity contribution in [3.8, 4) is 10.6 Å². The molecular formula is C18H19N3O2S. The lowest BCUT2D eigenvalue weighted by molar-refractivity contribution is 0.0963. The van der Waals surface area contributed by atoms with Crippen molar-refractivity contribution in [2.24, 2.45) is 0 Å². The molecule has 3 aromatic rings. The largest absolute Gasteiger partial charge is 0.355 e. The molecule has 0 atom stereocenters. The molecule has 5 nitrogen and oxygen atoms in total. The second kappa shape index (κ2) is 7.42. The van der Waals surface area contributed by atoms with Crippen LogP contribution in [0.25, 0.3) is 10.6 Å². The first-order valence-corrected chi connectivity index (χ1v) is 8.52. The van der Waals surface area contributed by atoms with Crippen molar-refractivity contribution >= 4 is 17.2 Å². The van der Waals surface area contributed by atoms with Crippen molar-refractivity contribution in [3.63, 3.8) is 0 Å². The molecule has 0 spiro atoms. The Bertz CT molecular complexity index is 794. The summed E-state index contributed by atoms with van der Waals surface area (Å²) in [6.45, 7) is 1.47. The second-order valence-corrected chi connectivity index (χ2v) is 6.56. The van der Waals surface area contributed by atoms with Crippen LogP contribution >= 0.6 is 11.3 Å². The lowest BCUT2D eigenvalue weighted by Crippen LogP contribution is -2.19. The van der Waals surface area contributed by atoms with Gasteiger partial charge in [0, 0.05) is 31.8 Å². The Labute approximate surface area is 144 Å². The topological polar surface area (TPSA) is 58.4 Å². The minimum Gasteiger partial charge on any atom is -0.355 e. The van der Waals surface area contributed by atoms with Gasteiger partial charge in [-0.15, -0.1) is 11.3 Å². The standard InChI is InChI=1S/C18H19N3O2S/c1-19-18(22)14-7-5-13(6-8-14)11-21(2)12-15-10-16(23-20-15)17-4-3-9-24-17/h3-10H,11-12H2,1-2H3,(H,19,22). The van der Waals surface area contributed by atoms with E-state index in [1.807, 2.05) is 54.9 Å². The van der Waals surface area contributed by atoms with Crippen LogP contribution in [0, 0.1) is 0 Å². The summed E-state index contributed by atoms with van der Waals surface area (Å²) in [4.78, 5) is 14.8. The predicted molar refractivity (Wildman–Crippen MR) is 94.8 cm³/mol.